The smallest absolute Gasteiger partial charge is 0.335 e. The number of hydrogen-bond acceptors (Lipinski definition) is 2. The summed E-state index contributed by atoms with van der Waals surface area (Å²) in [6, 6.07) is 7.21. The molecule has 96 valence electrons. The fraction of sp³-hybridized carbons (Fsp3) is 0.357. The van der Waals surface area contributed by atoms with Crippen LogP contribution in [-0.2, 0) is 17.9 Å². The zero-order chi connectivity index (χ0) is 13.1. The third-order valence-corrected chi connectivity index (χ3v) is 3.00. The van der Waals surface area contributed by atoms with Gasteiger partial charge in [-0.05, 0) is 38.1 Å². The second-order valence-corrected chi connectivity index (χ2v) is 4.10. The number of carbonyl (C=O) groups is 1. The lowest BCUT2D eigenvalue weighted by atomic mass is 10.1. The molecule has 1 heterocycles. The van der Waals surface area contributed by atoms with Gasteiger partial charge in [0.1, 0.15) is 0 Å². The van der Waals surface area contributed by atoms with Gasteiger partial charge in [0.15, 0.2) is 0 Å². The molecule has 4 nitrogen and oxygen atoms in total. The van der Waals surface area contributed by atoms with Gasteiger partial charge in [0.05, 0.1) is 12.2 Å². The van der Waals surface area contributed by atoms with Crippen LogP contribution in [0.15, 0.2) is 24.3 Å². The van der Waals surface area contributed by atoms with E-state index in [9.17, 15) is 4.79 Å². The summed E-state index contributed by atoms with van der Waals surface area (Å²) in [5.41, 5.74) is 2.45. The lowest BCUT2D eigenvalue weighted by Crippen LogP contribution is -2.02. The minimum absolute atomic E-state index is 0.318. The molecule has 18 heavy (non-hydrogen) atoms. The number of nitrogens with zero attached hydrogens (tertiary/aromatic N) is 1. The zero-order valence-electron chi connectivity index (χ0n) is 10.6. The standard InChI is InChI=1S/C14H17NO3/c1-3-15-12(9-18-4-2)8-11-7-10(14(16)17)5-6-13(11)15/h5-8H,3-4,9H2,1-2H3,(H,16,17). The zero-order valence-corrected chi connectivity index (χ0v) is 10.6. The Labute approximate surface area is 106 Å². The molecule has 0 radical (unpaired) electrons. The molecular weight excluding hydrogens is 230 g/mol. The monoisotopic (exact) mass is 247 g/mol. The number of aromatic carboxylic acids is 1. The van der Waals surface area contributed by atoms with E-state index >= 15 is 0 Å². The van der Waals surface area contributed by atoms with Crippen molar-refractivity contribution in [3.05, 3.63) is 35.5 Å². The fourth-order valence-corrected chi connectivity index (χ4v) is 2.16. The molecule has 0 amide bonds. The van der Waals surface area contributed by atoms with Gasteiger partial charge < -0.3 is 14.4 Å². The van der Waals surface area contributed by atoms with Gasteiger partial charge >= 0.3 is 5.97 Å². The molecular formula is C14H17NO3. The summed E-state index contributed by atoms with van der Waals surface area (Å²) in [4.78, 5) is 10.9. The highest BCUT2D eigenvalue weighted by Gasteiger charge is 2.10. The highest BCUT2D eigenvalue weighted by Crippen LogP contribution is 2.22. The summed E-state index contributed by atoms with van der Waals surface area (Å²) in [6.07, 6.45) is 0. The van der Waals surface area contributed by atoms with Crippen LogP contribution < -0.4 is 0 Å². The molecule has 1 N–H and O–H groups in total. The normalized spacial score (nSPS) is 11.0. The van der Waals surface area contributed by atoms with Crippen LogP contribution in [-0.4, -0.2) is 22.2 Å². The van der Waals surface area contributed by atoms with Gasteiger partial charge in [-0.2, -0.15) is 0 Å². The molecule has 0 aliphatic rings. The van der Waals surface area contributed by atoms with Crippen molar-refractivity contribution in [2.75, 3.05) is 6.61 Å². The average molecular weight is 247 g/mol. The van der Waals surface area contributed by atoms with Crippen LogP contribution in [0.1, 0.15) is 29.9 Å². The Kier molecular flexibility index (Phi) is 3.67. The van der Waals surface area contributed by atoms with Crippen molar-refractivity contribution in [2.45, 2.75) is 27.0 Å². The summed E-state index contributed by atoms with van der Waals surface area (Å²) in [5, 5.41) is 9.94. The highest BCUT2D eigenvalue weighted by molar-refractivity contribution is 5.94. The number of hydrogen-bond donors (Lipinski definition) is 1. The van der Waals surface area contributed by atoms with Gasteiger partial charge in [0.2, 0.25) is 0 Å². The van der Waals surface area contributed by atoms with E-state index in [1.807, 2.05) is 19.1 Å². The maximum Gasteiger partial charge on any atom is 0.335 e. The van der Waals surface area contributed by atoms with Crippen molar-refractivity contribution in [1.82, 2.24) is 4.57 Å². The first kappa shape index (κ1) is 12.6. The number of fused-ring (bicyclic) bond motifs is 1. The molecule has 0 unspecified atom stereocenters. The minimum Gasteiger partial charge on any atom is -0.478 e. The second kappa shape index (κ2) is 5.23. The summed E-state index contributed by atoms with van der Waals surface area (Å²) in [5.74, 6) is -0.896. The van der Waals surface area contributed by atoms with E-state index in [0.29, 0.717) is 18.8 Å². The average Bonchev–Trinajstić information content (AvgIpc) is 2.72. The molecule has 0 atom stereocenters. The first-order valence-corrected chi connectivity index (χ1v) is 6.10. The molecule has 0 fully saturated rings. The Morgan fingerprint density at radius 2 is 2.11 bits per heavy atom. The molecule has 1 aromatic heterocycles. The van der Waals surface area contributed by atoms with Crippen molar-refractivity contribution in [2.24, 2.45) is 0 Å². The number of aromatic nitrogens is 1. The quantitative estimate of drug-likeness (QED) is 0.883. The number of ether oxygens (including phenoxy) is 1. The molecule has 0 aliphatic heterocycles. The Bertz CT molecular complexity index is 572. The van der Waals surface area contributed by atoms with Crippen LogP contribution in [0.3, 0.4) is 0 Å². The molecule has 0 spiro atoms. The van der Waals surface area contributed by atoms with Crippen LogP contribution >= 0.6 is 0 Å². The Morgan fingerprint density at radius 3 is 2.72 bits per heavy atom. The van der Waals surface area contributed by atoms with Gasteiger partial charge in [0, 0.05) is 29.7 Å². The summed E-state index contributed by atoms with van der Waals surface area (Å²) < 4.78 is 7.58. The van der Waals surface area contributed by atoms with Gasteiger partial charge in [-0.25, -0.2) is 4.79 Å². The number of benzene rings is 1. The predicted molar refractivity (Wildman–Crippen MR) is 69.9 cm³/mol. The summed E-state index contributed by atoms with van der Waals surface area (Å²) >= 11 is 0. The fourth-order valence-electron chi connectivity index (χ4n) is 2.16. The first-order chi connectivity index (χ1) is 8.67. The number of carboxylic acid groups (broad SMARTS) is 1. The van der Waals surface area contributed by atoms with E-state index in [1.54, 1.807) is 12.1 Å². The summed E-state index contributed by atoms with van der Waals surface area (Å²) in [6.45, 7) is 6.10. The van der Waals surface area contributed by atoms with Crippen molar-refractivity contribution in [1.29, 1.82) is 0 Å². The van der Waals surface area contributed by atoms with Crippen molar-refractivity contribution >= 4 is 16.9 Å². The van der Waals surface area contributed by atoms with E-state index in [2.05, 4.69) is 11.5 Å². The van der Waals surface area contributed by atoms with Crippen LogP contribution in [0.4, 0.5) is 0 Å². The van der Waals surface area contributed by atoms with E-state index in [1.165, 1.54) is 0 Å². The van der Waals surface area contributed by atoms with Crippen molar-refractivity contribution in [3.8, 4) is 0 Å². The Morgan fingerprint density at radius 1 is 1.33 bits per heavy atom. The number of aryl methyl sites for hydroxylation is 1. The lowest BCUT2D eigenvalue weighted by molar-refractivity contribution is 0.0697. The van der Waals surface area contributed by atoms with Crippen LogP contribution in [0.25, 0.3) is 10.9 Å². The lowest BCUT2D eigenvalue weighted by Gasteiger charge is -2.07. The molecule has 0 saturated heterocycles. The van der Waals surface area contributed by atoms with Gasteiger partial charge in [-0.15, -0.1) is 0 Å². The molecule has 0 bridgehead atoms. The van der Waals surface area contributed by atoms with Gasteiger partial charge in [0.25, 0.3) is 0 Å². The number of carboxylic acids is 1. The number of rotatable bonds is 5. The van der Waals surface area contributed by atoms with E-state index < -0.39 is 5.97 Å². The molecule has 1 aromatic carbocycles. The molecule has 4 heteroatoms. The summed E-state index contributed by atoms with van der Waals surface area (Å²) in [7, 11) is 0. The van der Waals surface area contributed by atoms with Gasteiger partial charge in [-0.1, -0.05) is 0 Å². The van der Waals surface area contributed by atoms with Crippen LogP contribution in [0.2, 0.25) is 0 Å². The van der Waals surface area contributed by atoms with E-state index in [0.717, 1.165) is 23.1 Å². The predicted octanol–water partition coefficient (Wildman–Crippen LogP) is 2.90. The molecule has 0 saturated carbocycles. The minimum atomic E-state index is -0.896. The van der Waals surface area contributed by atoms with Crippen molar-refractivity contribution < 1.29 is 14.6 Å². The third kappa shape index (κ3) is 2.24. The second-order valence-electron chi connectivity index (χ2n) is 4.10. The van der Waals surface area contributed by atoms with Crippen LogP contribution in [0, 0.1) is 0 Å². The third-order valence-electron chi connectivity index (χ3n) is 3.00. The molecule has 0 aliphatic carbocycles. The highest BCUT2D eigenvalue weighted by atomic mass is 16.5. The van der Waals surface area contributed by atoms with Crippen LogP contribution in [0.5, 0.6) is 0 Å². The topological polar surface area (TPSA) is 51.5 Å². The SMILES string of the molecule is CCOCc1cc2cc(C(=O)O)ccc2n1CC. The van der Waals surface area contributed by atoms with Crippen molar-refractivity contribution in [3.63, 3.8) is 0 Å². The Balaban J connectivity index is 2.49. The maximum atomic E-state index is 10.9. The van der Waals surface area contributed by atoms with Gasteiger partial charge in [-0.3, -0.25) is 0 Å². The van der Waals surface area contributed by atoms with E-state index in [4.69, 9.17) is 9.84 Å². The van der Waals surface area contributed by atoms with E-state index in [-0.39, 0.29) is 0 Å². The maximum absolute atomic E-state index is 10.9. The molecule has 2 aromatic rings. The Hall–Kier alpha value is -1.81. The largest absolute Gasteiger partial charge is 0.478 e. The molecule has 2 rings (SSSR count). The first-order valence-electron chi connectivity index (χ1n) is 6.10.